The van der Waals surface area contributed by atoms with Crippen LogP contribution in [0, 0.1) is 5.92 Å². The van der Waals surface area contributed by atoms with E-state index in [1.54, 1.807) is 0 Å². The average Bonchev–Trinajstić information content (AvgIpc) is 2.82. The van der Waals surface area contributed by atoms with Crippen molar-refractivity contribution >= 4 is 11.6 Å². The highest BCUT2D eigenvalue weighted by molar-refractivity contribution is 6.30. The maximum absolute atomic E-state index is 6.01. The Labute approximate surface area is 115 Å². The van der Waals surface area contributed by atoms with Gasteiger partial charge >= 0.3 is 0 Å². The van der Waals surface area contributed by atoms with Crippen LogP contribution < -0.4 is 5.73 Å². The predicted molar refractivity (Wildman–Crippen MR) is 77.8 cm³/mol. The normalized spacial score (nSPS) is 22.6. The van der Waals surface area contributed by atoms with E-state index in [0.29, 0.717) is 24.5 Å². The van der Waals surface area contributed by atoms with Gasteiger partial charge in [0, 0.05) is 23.7 Å². The minimum Gasteiger partial charge on any atom is -0.329 e. The monoisotopic (exact) mass is 266 g/mol. The van der Waals surface area contributed by atoms with Gasteiger partial charge in [-0.05, 0) is 43.0 Å². The molecule has 0 spiro atoms. The summed E-state index contributed by atoms with van der Waals surface area (Å²) in [5.41, 5.74) is 7.30. The Morgan fingerprint density at radius 1 is 1.33 bits per heavy atom. The van der Waals surface area contributed by atoms with Crippen LogP contribution in [0.3, 0.4) is 0 Å². The second-order valence-electron chi connectivity index (χ2n) is 5.49. The number of benzene rings is 1. The lowest BCUT2D eigenvalue weighted by Gasteiger charge is -2.34. The first-order valence-corrected chi connectivity index (χ1v) is 7.22. The van der Waals surface area contributed by atoms with Gasteiger partial charge in [-0.25, -0.2) is 0 Å². The van der Waals surface area contributed by atoms with Gasteiger partial charge in [-0.1, -0.05) is 37.6 Å². The highest BCUT2D eigenvalue weighted by Gasteiger charge is 2.32. The molecule has 2 atom stereocenters. The van der Waals surface area contributed by atoms with Crippen LogP contribution in [0.15, 0.2) is 24.3 Å². The number of hydrogen-bond acceptors (Lipinski definition) is 2. The zero-order valence-electron chi connectivity index (χ0n) is 11.3. The fourth-order valence-electron chi connectivity index (χ4n) is 3.07. The van der Waals surface area contributed by atoms with Crippen molar-refractivity contribution in [2.24, 2.45) is 11.7 Å². The lowest BCUT2D eigenvalue weighted by molar-refractivity contribution is 0.149. The molecule has 0 aromatic heterocycles. The summed E-state index contributed by atoms with van der Waals surface area (Å²) in [6, 6.07) is 9.12. The summed E-state index contributed by atoms with van der Waals surface area (Å²) < 4.78 is 0. The van der Waals surface area contributed by atoms with Crippen molar-refractivity contribution in [2.75, 3.05) is 13.1 Å². The largest absolute Gasteiger partial charge is 0.329 e. The molecular weight excluding hydrogens is 244 g/mol. The molecule has 0 aliphatic carbocycles. The van der Waals surface area contributed by atoms with Crippen molar-refractivity contribution in [3.8, 4) is 0 Å². The van der Waals surface area contributed by atoms with Crippen molar-refractivity contribution in [3.05, 3.63) is 34.9 Å². The first-order chi connectivity index (χ1) is 8.63. The van der Waals surface area contributed by atoms with Crippen molar-refractivity contribution < 1.29 is 0 Å². The van der Waals surface area contributed by atoms with Crippen molar-refractivity contribution in [2.45, 2.75) is 38.8 Å². The van der Waals surface area contributed by atoms with Crippen LogP contribution in [0.1, 0.15) is 38.3 Å². The fourth-order valence-corrected chi connectivity index (χ4v) is 3.19. The molecule has 0 saturated carbocycles. The van der Waals surface area contributed by atoms with Gasteiger partial charge in [-0.2, -0.15) is 0 Å². The van der Waals surface area contributed by atoms with E-state index in [2.05, 4.69) is 30.9 Å². The Bertz CT molecular complexity index is 375. The van der Waals surface area contributed by atoms with Gasteiger partial charge in [0.15, 0.2) is 0 Å². The van der Waals surface area contributed by atoms with E-state index in [1.807, 2.05) is 12.1 Å². The summed E-state index contributed by atoms with van der Waals surface area (Å²) in [7, 11) is 0. The summed E-state index contributed by atoms with van der Waals surface area (Å²) in [4.78, 5) is 2.58. The van der Waals surface area contributed by atoms with Crippen LogP contribution in [0.4, 0.5) is 0 Å². The van der Waals surface area contributed by atoms with E-state index in [-0.39, 0.29) is 0 Å². The summed E-state index contributed by atoms with van der Waals surface area (Å²) in [5.74, 6) is 0.689. The maximum atomic E-state index is 6.01. The number of nitrogens with zero attached hydrogens (tertiary/aromatic N) is 1. The molecule has 1 saturated heterocycles. The van der Waals surface area contributed by atoms with Crippen LogP contribution >= 0.6 is 11.6 Å². The standard InChI is InChI=1S/C15H23ClN2/c1-11(2)14-4-3-9-18(14)15(10-17)12-5-7-13(16)8-6-12/h5-8,11,14-15H,3-4,9-10,17H2,1-2H3. The van der Waals surface area contributed by atoms with E-state index in [9.17, 15) is 0 Å². The molecule has 1 heterocycles. The van der Waals surface area contributed by atoms with Gasteiger partial charge in [-0.15, -0.1) is 0 Å². The van der Waals surface area contributed by atoms with E-state index in [0.717, 1.165) is 11.6 Å². The third kappa shape index (κ3) is 2.87. The van der Waals surface area contributed by atoms with Gasteiger partial charge in [0.25, 0.3) is 0 Å². The molecule has 1 aliphatic heterocycles. The topological polar surface area (TPSA) is 29.3 Å². The fraction of sp³-hybridized carbons (Fsp3) is 0.600. The van der Waals surface area contributed by atoms with Crippen molar-refractivity contribution in [1.29, 1.82) is 0 Å². The van der Waals surface area contributed by atoms with Gasteiger partial charge in [0.2, 0.25) is 0 Å². The second kappa shape index (κ2) is 6.05. The Hall–Kier alpha value is -0.570. The van der Waals surface area contributed by atoms with Gasteiger partial charge < -0.3 is 5.73 Å². The molecule has 2 N–H and O–H groups in total. The van der Waals surface area contributed by atoms with Gasteiger partial charge in [0.05, 0.1) is 0 Å². The minimum absolute atomic E-state index is 0.331. The lowest BCUT2D eigenvalue weighted by atomic mass is 9.98. The number of halogens is 1. The SMILES string of the molecule is CC(C)C1CCCN1C(CN)c1ccc(Cl)cc1. The molecule has 3 heteroatoms. The van der Waals surface area contributed by atoms with E-state index in [4.69, 9.17) is 17.3 Å². The van der Waals surface area contributed by atoms with E-state index >= 15 is 0 Å². The molecule has 2 nitrogen and oxygen atoms in total. The molecule has 100 valence electrons. The molecule has 2 rings (SSSR count). The first kappa shape index (κ1) is 13.9. The molecule has 1 aromatic rings. The van der Waals surface area contributed by atoms with E-state index < -0.39 is 0 Å². The molecule has 1 aliphatic rings. The number of likely N-dealkylation sites (tertiary alicyclic amines) is 1. The zero-order valence-corrected chi connectivity index (χ0v) is 12.0. The molecule has 0 amide bonds. The summed E-state index contributed by atoms with van der Waals surface area (Å²) in [5, 5.41) is 0.788. The first-order valence-electron chi connectivity index (χ1n) is 6.84. The molecule has 18 heavy (non-hydrogen) atoms. The second-order valence-corrected chi connectivity index (χ2v) is 5.93. The highest BCUT2D eigenvalue weighted by Crippen LogP contribution is 2.32. The third-order valence-corrected chi connectivity index (χ3v) is 4.24. The molecule has 0 bridgehead atoms. The Balaban J connectivity index is 2.20. The predicted octanol–water partition coefficient (Wildman–Crippen LogP) is 3.46. The van der Waals surface area contributed by atoms with Crippen LogP contribution in [0.25, 0.3) is 0 Å². The van der Waals surface area contributed by atoms with Crippen molar-refractivity contribution in [3.63, 3.8) is 0 Å². The van der Waals surface area contributed by atoms with Gasteiger partial charge in [-0.3, -0.25) is 4.90 Å². The summed E-state index contributed by atoms with van der Waals surface area (Å²) >= 11 is 5.95. The molecule has 0 radical (unpaired) electrons. The minimum atomic E-state index is 0.331. The summed E-state index contributed by atoms with van der Waals surface area (Å²) in [6.45, 7) is 6.44. The Kier molecular flexibility index (Phi) is 4.66. The Morgan fingerprint density at radius 2 is 2.00 bits per heavy atom. The molecular formula is C15H23ClN2. The molecule has 1 fully saturated rings. The molecule has 2 unspecified atom stereocenters. The number of nitrogens with two attached hydrogens (primary N) is 1. The van der Waals surface area contributed by atoms with Gasteiger partial charge in [0.1, 0.15) is 0 Å². The third-order valence-electron chi connectivity index (χ3n) is 3.99. The van der Waals surface area contributed by atoms with Crippen LogP contribution in [0.5, 0.6) is 0 Å². The number of rotatable bonds is 4. The smallest absolute Gasteiger partial charge is 0.0473 e. The quantitative estimate of drug-likeness (QED) is 0.904. The molecule has 1 aromatic carbocycles. The summed E-state index contributed by atoms with van der Waals surface area (Å²) in [6.07, 6.45) is 2.58. The maximum Gasteiger partial charge on any atom is 0.0473 e. The van der Waals surface area contributed by atoms with Crippen molar-refractivity contribution in [1.82, 2.24) is 4.90 Å². The highest BCUT2D eigenvalue weighted by atomic mass is 35.5. The van der Waals surface area contributed by atoms with Crippen LogP contribution in [0.2, 0.25) is 5.02 Å². The average molecular weight is 267 g/mol. The lowest BCUT2D eigenvalue weighted by Crippen LogP contribution is -2.39. The van der Waals surface area contributed by atoms with Crippen LogP contribution in [-0.4, -0.2) is 24.0 Å². The van der Waals surface area contributed by atoms with Crippen LogP contribution in [-0.2, 0) is 0 Å². The Morgan fingerprint density at radius 3 is 2.56 bits per heavy atom. The number of hydrogen-bond donors (Lipinski definition) is 1. The van der Waals surface area contributed by atoms with E-state index in [1.165, 1.54) is 18.4 Å². The zero-order chi connectivity index (χ0) is 13.1.